The minimum absolute atomic E-state index is 0.562. The van der Waals surface area contributed by atoms with Crippen LogP contribution in [0.2, 0.25) is 10.0 Å². The Balaban J connectivity index is 1.84. The Hall–Kier alpha value is -1.64. The molecule has 0 bridgehead atoms. The lowest BCUT2D eigenvalue weighted by molar-refractivity contribution is 1.17. The van der Waals surface area contributed by atoms with Crippen molar-refractivity contribution in [2.24, 2.45) is 0 Å². The van der Waals surface area contributed by atoms with Gasteiger partial charge in [-0.2, -0.15) is 0 Å². The number of H-pyrrole nitrogens is 1. The minimum Gasteiger partial charge on any atom is -0.381 e. The molecular weight excluding hydrogens is 291 g/mol. The van der Waals surface area contributed by atoms with Crippen molar-refractivity contribution in [3.8, 4) is 0 Å². The summed E-state index contributed by atoms with van der Waals surface area (Å²) < 4.78 is 0. The molecule has 3 rings (SSSR count). The van der Waals surface area contributed by atoms with Gasteiger partial charge in [0.2, 0.25) is 0 Å². The topological polar surface area (TPSA) is 27.8 Å². The van der Waals surface area contributed by atoms with Crippen molar-refractivity contribution < 1.29 is 0 Å². The van der Waals surface area contributed by atoms with Gasteiger partial charge in [0.05, 0.1) is 10.0 Å². The fourth-order valence-electron chi connectivity index (χ4n) is 2.32. The third kappa shape index (κ3) is 2.62. The number of rotatable bonds is 3. The maximum Gasteiger partial charge on any atom is 0.0612 e. The summed E-state index contributed by atoms with van der Waals surface area (Å²) in [5, 5.41) is 5.75. The zero-order valence-electron chi connectivity index (χ0n) is 11.0. The van der Waals surface area contributed by atoms with E-state index < -0.39 is 0 Å². The summed E-state index contributed by atoms with van der Waals surface area (Å²) in [7, 11) is 0. The standard InChI is InChI=1S/C16H14Cl2N2/c1-10-7-13-11(3-2-4-16(13)20-10)9-19-12-5-6-14(17)15(18)8-12/h2-8,19-20H,9H2,1H3. The number of halogens is 2. The van der Waals surface area contributed by atoms with Crippen LogP contribution in [-0.2, 0) is 6.54 Å². The molecule has 1 heterocycles. The van der Waals surface area contributed by atoms with E-state index in [1.54, 1.807) is 6.07 Å². The number of nitrogens with one attached hydrogen (secondary N) is 2. The van der Waals surface area contributed by atoms with E-state index in [4.69, 9.17) is 23.2 Å². The Morgan fingerprint density at radius 1 is 1.05 bits per heavy atom. The van der Waals surface area contributed by atoms with Crippen molar-refractivity contribution in [2.75, 3.05) is 5.32 Å². The predicted octanol–water partition coefficient (Wildman–Crippen LogP) is 5.40. The fraction of sp³-hybridized carbons (Fsp3) is 0.125. The lowest BCUT2D eigenvalue weighted by atomic mass is 10.1. The molecule has 102 valence electrons. The van der Waals surface area contributed by atoms with Crippen LogP contribution < -0.4 is 5.32 Å². The summed E-state index contributed by atoms with van der Waals surface area (Å²) in [4.78, 5) is 3.35. The maximum absolute atomic E-state index is 6.02. The van der Waals surface area contributed by atoms with E-state index >= 15 is 0 Å². The minimum atomic E-state index is 0.562. The van der Waals surface area contributed by atoms with Gasteiger partial charge in [0, 0.05) is 28.8 Å². The quantitative estimate of drug-likeness (QED) is 0.666. The molecule has 0 aliphatic carbocycles. The maximum atomic E-state index is 6.02. The molecule has 0 spiro atoms. The van der Waals surface area contributed by atoms with E-state index in [0.29, 0.717) is 10.0 Å². The average molecular weight is 305 g/mol. The van der Waals surface area contributed by atoms with Gasteiger partial charge >= 0.3 is 0 Å². The summed E-state index contributed by atoms with van der Waals surface area (Å²) in [5.41, 5.74) is 4.54. The predicted molar refractivity (Wildman–Crippen MR) is 86.8 cm³/mol. The number of aromatic nitrogens is 1. The molecule has 2 N–H and O–H groups in total. The van der Waals surface area contributed by atoms with Crippen molar-refractivity contribution >= 4 is 39.8 Å². The molecule has 3 aromatic rings. The molecule has 1 aromatic heterocycles. The lowest BCUT2D eigenvalue weighted by Gasteiger charge is -2.08. The molecule has 2 nitrogen and oxygen atoms in total. The number of fused-ring (bicyclic) bond motifs is 1. The van der Waals surface area contributed by atoms with Gasteiger partial charge in [-0.15, -0.1) is 0 Å². The van der Waals surface area contributed by atoms with Gasteiger partial charge in [0.15, 0.2) is 0 Å². The van der Waals surface area contributed by atoms with Crippen molar-refractivity contribution in [1.82, 2.24) is 4.98 Å². The SMILES string of the molecule is Cc1cc2c(CNc3ccc(Cl)c(Cl)c3)cccc2[nH]1. The number of hydrogen-bond acceptors (Lipinski definition) is 1. The first kappa shape index (κ1) is 13.3. The van der Waals surface area contributed by atoms with Crippen LogP contribution >= 0.6 is 23.2 Å². The second-order valence-electron chi connectivity index (χ2n) is 4.81. The molecule has 0 fully saturated rings. The zero-order valence-corrected chi connectivity index (χ0v) is 12.5. The molecule has 0 radical (unpaired) electrons. The molecule has 4 heteroatoms. The molecule has 0 unspecified atom stereocenters. The van der Waals surface area contributed by atoms with Crippen LogP contribution in [0.3, 0.4) is 0 Å². The van der Waals surface area contributed by atoms with Crippen LogP contribution in [0.25, 0.3) is 10.9 Å². The van der Waals surface area contributed by atoms with E-state index in [1.165, 1.54) is 16.6 Å². The third-order valence-electron chi connectivity index (χ3n) is 3.29. The van der Waals surface area contributed by atoms with E-state index in [9.17, 15) is 0 Å². The largest absolute Gasteiger partial charge is 0.381 e. The number of benzene rings is 2. The van der Waals surface area contributed by atoms with Gasteiger partial charge in [0.1, 0.15) is 0 Å². The zero-order chi connectivity index (χ0) is 14.1. The summed E-state index contributed by atoms with van der Waals surface area (Å²) in [6.07, 6.45) is 0. The lowest BCUT2D eigenvalue weighted by Crippen LogP contribution is -1.99. The second kappa shape index (κ2) is 5.39. The van der Waals surface area contributed by atoms with E-state index in [1.807, 2.05) is 12.1 Å². The number of aromatic amines is 1. The highest BCUT2D eigenvalue weighted by Crippen LogP contribution is 2.26. The Labute approximate surface area is 127 Å². The molecule has 0 amide bonds. The Bertz CT molecular complexity index is 762. The highest BCUT2D eigenvalue weighted by molar-refractivity contribution is 6.42. The number of hydrogen-bond donors (Lipinski definition) is 2. The van der Waals surface area contributed by atoms with Crippen molar-refractivity contribution in [1.29, 1.82) is 0 Å². The van der Waals surface area contributed by atoms with Crippen molar-refractivity contribution in [3.05, 3.63) is 63.8 Å². The van der Waals surface area contributed by atoms with Gasteiger partial charge < -0.3 is 10.3 Å². The highest BCUT2D eigenvalue weighted by atomic mass is 35.5. The monoisotopic (exact) mass is 304 g/mol. The highest BCUT2D eigenvalue weighted by Gasteiger charge is 2.04. The first-order valence-corrected chi connectivity index (χ1v) is 7.15. The van der Waals surface area contributed by atoms with E-state index in [-0.39, 0.29) is 0 Å². The van der Waals surface area contributed by atoms with Gasteiger partial charge in [-0.3, -0.25) is 0 Å². The van der Waals surface area contributed by atoms with Gasteiger partial charge in [-0.25, -0.2) is 0 Å². The van der Waals surface area contributed by atoms with Crippen LogP contribution in [0.4, 0.5) is 5.69 Å². The van der Waals surface area contributed by atoms with Gasteiger partial charge in [-0.1, -0.05) is 35.3 Å². The number of aryl methyl sites for hydroxylation is 1. The van der Waals surface area contributed by atoms with Crippen LogP contribution in [-0.4, -0.2) is 4.98 Å². The van der Waals surface area contributed by atoms with Gasteiger partial charge in [-0.05, 0) is 42.8 Å². The normalized spacial score (nSPS) is 10.9. The molecule has 0 saturated heterocycles. The molecule has 2 aromatic carbocycles. The number of anilines is 1. The average Bonchev–Trinajstić information content (AvgIpc) is 2.81. The van der Waals surface area contributed by atoms with Crippen LogP contribution in [0.15, 0.2) is 42.5 Å². The summed E-state index contributed by atoms with van der Waals surface area (Å²) in [5.74, 6) is 0. The second-order valence-corrected chi connectivity index (χ2v) is 5.63. The Morgan fingerprint density at radius 3 is 2.70 bits per heavy atom. The first-order chi connectivity index (χ1) is 9.63. The van der Waals surface area contributed by atoms with Crippen molar-refractivity contribution in [3.63, 3.8) is 0 Å². The molecule has 0 saturated carbocycles. The van der Waals surface area contributed by atoms with Gasteiger partial charge in [0.25, 0.3) is 0 Å². The van der Waals surface area contributed by atoms with E-state index in [0.717, 1.165) is 17.7 Å². The first-order valence-electron chi connectivity index (χ1n) is 6.39. The Morgan fingerprint density at radius 2 is 1.90 bits per heavy atom. The Kier molecular flexibility index (Phi) is 3.60. The van der Waals surface area contributed by atoms with Crippen LogP contribution in [0.5, 0.6) is 0 Å². The van der Waals surface area contributed by atoms with E-state index in [2.05, 4.69) is 41.5 Å². The van der Waals surface area contributed by atoms with Crippen LogP contribution in [0.1, 0.15) is 11.3 Å². The fourth-order valence-corrected chi connectivity index (χ4v) is 2.61. The van der Waals surface area contributed by atoms with Crippen molar-refractivity contribution in [2.45, 2.75) is 13.5 Å². The molecule has 20 heavy (non-hydrogen) atoms. The summed E-state index contributed by atoms with van der Waals surface area (Å²) in [6, 6.07) is 14.0. The molecule has 0 atom stereocenters. The summed E-state index contributed by atoms with van der Waals surface area (Å²) in [6.45, 7) is 2.81. The molecule has 0 aliphatic heterocycles. The molecule has 0 aliphatic rings. The summed E-state index contributed by atoms with van der Waals surface area (Å²) >= 11 is 11.9. The third-order valence-corrected chi connectivity index (χ3v) is 4.03. The molecular formula is C16H14Cl2N2. The van der Waals surface area contributed by atoms with Crippen LogP contribution in [0, 0.1) is 6.92 Å². The smallest absolute Gasteiger partial charge is 0.0612 e.